The van der Waals surface area contributed by atoms with Crippen molar-refractivity contribution in [1.29, 1.82) is 0 Å². The third-order valence-corrected chi connectivity index (χ3v) is 17.7. The molecule has 0 radical (unpaired) electrons. The van der Waals surface area contributed by atoms with Gasteiger partial charge >= 0.3 is 12.1 Å². The van der Waals surface area contributed by atoms with Crippen molar-refractivity contribution in [2.45, 2.75) is 197 Å². The molecule has 14 aliphatic rings. The first kappa shape index (κ1) is 44.0. The molecule has 4 atom stereocenters. The number of nitrogens with zero attached hydrogens (tertiary/aromatic N) is 1. The molecule has 14 fully saturated rings. The van der Waals surface area contributed by atoms with Gasteiger partial charge in [-0.1, -0.05) is 6.42 Å². The first-order chi connectivity index (χ1) is 30.1. The van der Waals surface area contributed by atoms with Crippen molar-refractivity contribution in [3.63, 3.8) is 0 Å². The maximum atomic E-state index is 12.8. The summed E-state index contributed by atoms with van der Waals surface area (Å²) in [6.07, 6.45) is 27.3. The molecule has 1 amide bonds. The Bertz CT molecular complexity index is 1530. The van der Waals surface area contributed by atoms with Crippen LogP contribution < -0.4 is 5.32 Å². The molecule has 14 rings (SSSR count). The Kier molecular flexibility index (Phi) is 13.1. The second-order valence-corrected chi connectivity index (χ2v) is 22.2. The molecule has 8 bridgehead atoms. The molecule has 0 unspecified atom stereocenters. The first-order valence-electron chi connectivity index (χ1n) is 25.6. The zero-order valence-electron chi connectivity index (χ0n) is 37.6. The van der Waals surface area contributed by atoms with Crippen LogP contribution in [0.15, 0.2) is 0 Å². The average molecular weight is 869 g/mol. The third-order valence-electron chi connectivity index (χ3n) is 17.7. The van der Waals surface area contributed by atoms with Gasteiger partial charge in [0.2, 0.25) is 29.1 Å². The van der Waals surface area contributed by atoms with Gasteiger partial charge in [-0.3, -0.25) is 9.59 Å². The van der Waals surface area contributed by atoms with Gasteiger partial charge < -0.3 is 29.2 Å². The summed E-state index contributed by atoms with van der Waals surface area (Å²) in [6, 6.07) is 0. The van der Waals surface area contributed by atoms with Gasteiger partial charge in [-0.25, -0.2) is 4.79 Å². The lowest BCUT2D eigenvalue weighted by Crippen LogP contribution is -2.59. The standard InChI is InChI=1S/C23H35NO4.C21H30O7.C5H11N/c25-21(24-7-2-1-3-8-24)14-16-5-4-6-22(15-16)26-23(28-27-22)19-10-17-9-18(12-19)13-20(23)11-17;1-2-24-19(23)25-18(22)11-13-4-3-5-20(12-13)26-21(28-27-20)16-7-14-6-15(9-16)10-17(21)8-14;1-2-4-6-5-3-1/h16-20H,1-15H2;13-17H,2-12H2,1H3;6H,1-5H2/t16-,17?,18?,19?,20?,22+,23?;13-,14?,15?,16?,17?,20+,21?;/m00./s1. The molecule has 0 aromatic rings. The number of carbonyl (C=O) groups is 3. The molecule has 10 aliphatic carbocycles. The fraction of sp³-hybridized carbons (Fsp3) is 0.939. The first-order valence-corrected chi connectivity index (χ1v) is 25.6. The number of hydrogen-bond acceptors (Lipinski definition) is 12. The van der Waals surface area contributed by atoms with E-state index in [-0.39, 0.29) is 18.9 Å². The molecular weight excluding hydrogens is 793 g/mol. The number of rotatable bonds is 5. The highest BCUT2D eigenvalue weighted by Crippen LogP contribution is 2.65. The minimum atomic E-state index is -0.928. The molecular formula is C49H76N2O11. The highest BCUT2D eigenvalue weighted by atomic mass is 17.3. The lowest BCUT2D eigenvalue weighted by Gasteiger charge is -2.57. The number of esters is 1. The number of hydrogen-bond donors (Lipinski definition) is 1. The molecule has 4 spiro atoms. The zero-order chi connectivity index (χ0) is 42.4. The molecule has 4 heterocycles. The Labute approximate surface area is 369 Å². The van der Waals surface area contributed by atoms with Gasteiger partial charge in [-0.05, 0) is 178 Å². The van der Waals surface area contributed by atoms with E-state index in [0.29, 0.717) is 48.3 Å². The number of likely N-dealkylation sites (tertiary alicyclic amines) is 1. The Morgan fingerprint density at radius 3 is 1.48 bits per heavy atom. The summed E-state index contributed by atoms with van der Waals surface area (Å²) in [5, 5.41) is 3.28. The molecule has 1 N–H and O–H groups in total. The van der Waals surface area contributed by atoms with E-state index in [4.69, 9.17) is 33.8 Å². The highest BCUT2D eigenvalue weighted by Gasteiger charge is 2.68. The van der Waals surface area contributed by atoms with Crippen LogP contribution in [0, 0.1) is 59.2 Å². The summed E-state index contributed by atoms with van der Waals surface area (Å²) >= 11 is 0. The Morgan fingerprint density at radius 1 is 0.581 bits per heavy atom. The van der Waals surface area contributed by atoms with Crippen molar-refractivity contribution in [2.75, 3.05) is 32.8 Å². The molecule has 4 saturated heterocycles. The topological polar surface area (TPSA) is 140 Å². The van der Waals surface area contributed by atoms with Crippen LogP contribution >= 0.6 is 0 Å². The van der Waals surface area contributed by atoms with Crippen molar-refractivity contribution < 1.29 is 52.9 Å². The summed E-state index contributed by atoms with van der Waals surface area (Å²) in [5.41, 5.74) is 0. The van der Waals surface area contributed by atoms with E-state index in [1.54, 1.807) is 6.92 Å². The molecule has 62 heavy (non-hydrogen) atoms. The van der Waals surface area contributed by atoms with E-state index in [9.17, 15) is 14.4 Å². The number of piperidine rings is 2. The SMILES string of the molecule is C1CCNCC1.CCOC(=O)OC(=O)C[C@@H]1CCC[C@]2(C1)OOC1(O2)C2CC3CC(C2)CC1C3.O=C(C[C@@H]1CCC[C@]2(C1)OOC1(O2)C2CC3CC(C2)CC1C3)N1CCCCC1. The summed E-state index contributed by atoms with van der Waals surface area (Å²) in [5.74, 6) is 3.08. The lowest BCUT2D eigenvalue weighted by molar-refractivity contribution is -0.390. The fourth-order valence-corrected chi connectivity index (χ4v) is 15.4. The second-order valence-electron chi connectivity index (χ2n) is 22.2. The summed E-state index contributed by atoms with van der Waals surface area (Å²) < 4.78 is 22.9. The molecule has 0 aromatic heterocycles. The summed E-state index contributed by atoms with van der Waals surface area (Å²) in [4.78, 5) is 62.5. The van der Waals surface area contributed by atoms with Crippen LogP contribution in [-0.2, 0) is 48.1 Å². The van der Waals surface area contributed by atoms with E-state index in [0.717, 1.165) is 94.5 Å². The van der Waals surface area contributed by atoms with Crippen molar-refractivity contribution in [3.05, 3.63) is 0 Å². The van der Waals surface area contributed by atoms with E-state index in [2.05, 4.69) is 15.0 Å². The number of carbonyl (C=O) groups excluding carboxylic acids is 3. The van der Waals surface area contributed by atoms with Crippen LogP contribution in [0.5, 0.6) is 0 Å². The molecule has 13 nitrogen and oxygen atoms in total. The fourth-order valence-electron chi connectivity index (χ4n) is 15.4. The van der Waals surface area contributed by atoms with Crippen LogP contribution in [0.2, 0.25) is 0 Å². The van der Waals surface area contributed by atoms with Crippen LogP contribution in [0.4, 0.5) is 4.79 Å². The summed E-state index contributed by atoms with van der Waals surface area (Å²) in [6.45, 7) is 6.25. The number of nitrogens with one attached hydrogen (secondary N) is 1. The smallest absolute Gasteiger partial charge is 0.434 e. The molecule has 0 aromatic carbocycles. The largest absolute Gasteiger partial charge is 0.516 e. The number of ether oxygens (including phenoxy) is 4. The predicted molar refractivity (Wildman–Crippen MR) is 225 cm³/mol. The average Bonchev–Trinajstić information content (AvgIpc) is 3.82. The minimum Gasteiger partial charge on any atom is -0.434 e. The van der Waals surface area contributed by atoms with Gasteiger partial charge in [0.15, 0.2) is 0 Å². The van der Waals surface area contributed by atoms with Gasteiger partial charge in [0.1, 0.15) is 0 Å². The quantitative estimate of drug-likeness (QED) is 0.160. The maximum absolute atomic E-state index is 12.8. The van der Waals surface area contributed by atoms with Crippen molar-refractivity contribution in [3.8, 4) is 0 Å². The summed E-state index contributed by atoms with van der Waals surface area (Å²) in [7, 11) is 0. The number of amides is 1. The van der Waals surface area contributed by atoms with Crippen molar-refractivity contribution in [1.82, 2.24) is 10.2 Å². The third kappa shape index (κ3) is 9.01. The highest BCUT2D eigenvalue weighted by molar-refractivity contribution is 5.81. The predicted octanol–water partition coefficient (Wildman–Crippen LogP) is 9.26. The van der Waals surface area contributed by atoms with Gasteiger partial charge in [-0.2, -0.15) is 19.6 Å². The van der Waals surface area contributed by atoms with Gasteiger partial charge in [-0.15, -0.1) is 0 Å². The molecule has 348 valence electrons. The van der Waals surface area contributed by atoms with Crippen molar-refractivity contribution >= 4 is 18.0 Å². The van der Waals surface area contributed by atoms with Crippen LogP contribution in [0.1, 0.15) is 174 Å². The van der Waals surface area contributed by atoms with Crippen LogP contribution in [0.3, 0.4) is 0 Å². The van der Waals surface area contributed by atoms with E-state index >= 15 is 0 Å². The van der Waals surface area contributed by atoms with Gasteiger partial charge in [0.05, 0.1) is 6.61 Å². The van der Waals surface area contributed by atoms with Crippen LogP contribution in [-0.4, -0.2) is 78.9 Å². The lowest BCUT2D eigenvalue weighted by atomic mass is 9.53. The van der Waals surface area contributed by atoms with Crippen molar-refractivity contribution in [2.24, 2.45) is 59.2 Å². The van der Waals surface area contributed by atoms with E-state index in [1.807, 2.05) is 0 Å². The molecule has 10 saturated carbocycles. The monoisotopic (exact) mass is 869 g/mol. The second kappa shape index (κ2) is 18.4. The van der Waals surface area contributed by atoms with Gasteiger partial charge in [0.25, 0.3) is 0 Å². The van der Waals surface area contributed by atoms with Crippen LogP contribution in [0.25, 0.3) is 0 Å². The Hall–Kier alpha value is -1.87. The Morgan fingerprint density at radius 2 is 1.05 bits per heavy atom. The Balaban J connectivity index is 0.000000130. The van der Waals surface area contributed by atoms with E-state index in [1.165, 1.54) is 103 Å². The maximum Gasteiger partial charge on any atom is 0.516 e. The van der Waals surface area contributed by atoms with Gasteiger partial charge in [0, 0.05) is 75.3 Å². The minimum absolute atomic E-state index is 0.0475. The van der Waals surface area contributed by atoms with E-state index < -0.39 is 35.3 Å². The molecule has 4 aliphatic heterocycles. The normalized spacial score (nSPS) is 45.8. The zero-order valence-corrected chi connectivity index (χ0v) is 37.6. The molecule has 13 heteroatoms.